The molecule has 0 aliphatic carbocycles. The van der Waals surface area contributed by atoms with Crippen LogP contribution in [0.1, 0.15) is 38.5 Å². The summed E-state index contributed by atoms with van der Waals surface area (Å²) >= 11 is 0. The Hall–Kier alpha value is -1.10. The molecule has 0 aromatic rings. The number of rotatable bonds is 4. The fourth-order valence-corrected chi connectivity index (χ4v) is 1.78. The summed E-state index contributed by atoms with van der Waals surface area (Å²) < 4.78 is 0. The highest BCUT2D eigenvalue weighted by Gasteiger charge is 2.15. The molecule has 1 fully saturated rings. The Morgan fingerprint density at radius 3 is 2.93 bits per heavy atom. The van der Waals surface area contributed by atoms with Crippen LogP contribution in [0.5, 0.6) is 0 Å². The first-order chi connectivity index (χ1) is 7.24. The normalized spacial score (nSPS) is 17.4. The van der Waals surface area contributed by atoms with Crippen LogP contribution in [0.2, 0.25) is 0 Å². The predicted octanol–water partition coefficient (Wildman–Crippen LogP) is 0.159. The van der Waals surface area contributed by atoms with Gasteiger partial charge in [-0.2, -0.15) is 0 Å². The number of hydrogen-bond acceptors (Lipinski definition) is 3. The van der Waals surface area contributed by atoms with Gasteiger partial charge >= 0.3 is 0 Å². The van der Waals surface area contributed by atoms with Gasteiger partial charge in [0.25, 0.3) is 0 Å². The summed E-state index contributed by atoms with van der Waals surface area (Å²) in [6.07, 6.45) is 4.94. The van der Waals surface area contributed by atoms with Crippen molar-refractivity contribution in [3.05, 3.63) is 0 Å². The van der Waals surface area contributed by atoms with Gasteiger partial charge in [-0.3, -0.25) is 15.0 Å². The average Bonchev–Trinajstić information content (AvgIpc) is 2.44. The standard InChI is InChI=1S/C10H19N3O2/c11-12-9(14)5-4-8-13-7-3-1-2-6-10(13)15/h1-8,11H2,(H,12,14). The lowest BCUT2D eigenvalue weighted by molar-refractivity contribution is -0.131. The molecule has 2 amide bonds. The van der Waals surface area contributed by atoms with E-state index in [1.807, 2.05) is 4.90 Å². The zero-order valence-corrected chi connectivity index (χ0v) is 9.00. The molecule has 5 heteroatoms. The lowest BCUT2D eigenvalue weighted by atomic mass is 10.2. The number of nitrogens with zero attached hydrogens (tertiary/aromatic N) is 1. The van der Waals surface area contributed by atoms with Crippen molar-refractivity contribution < 1.29 is 9.59 Å². The molecule has 3 N–H and O–H groups in total. The second-order valence-corrected chi connectivity index (χ2v) is 3.86. The van der Waals surface area contributed by atoms with E-state index in [2.05, 4.69) is 5.43 Å². The first kappa shape index (κ1) is 12.0. The van der Waals surface area contributed by atoms with Crippen LogP contribution >= 0.6 is 0 Å². The van der Waals surface area contributed by atoms with Gasteiger partial charge in [0.2, 0.25) is 11.8 Å². The van der Waals surface area contributed by atoms with Gasteiger partial charge in [0.1, 0.15) is 0 Å². The van der Waals surface area contributed by atoms with Gasteiger partial charge in [-0.15, -0.1) is 0 Å². The van der Waals surface area contributed by atoms with Crippen molar-refractivity contribution >= 4 is 11.8 Å². The maximum atomic E-state index is 11.6. The van der Waals surface area contributed by atoms with Crippen molar-refractivity contribution in [3.63, 3.8) is 0 Å². The van der Waals surface area contributed by atoms with E-state index in [-0.39, 0.29) is 11.8 Å². The van der Waals surface area contributed by atoms with E-state index in [0.717, 1.165) is 25.8 Å². The van der Waals surface area contributed by atoms with Gasteiger partial charge < -0.3 is 4.90 Å². The number of likely N-dealkylation sites (tertiary alicyclic amines) is 1. The average molecular weight is 213 g/mol. The molecule has 0 unspecified atom stereocenters. The van der Waals surface area contributed by atoms with E-state index in [9.17, 15) is 9.59 Å². The molecule has 0 radical (unpaired) electrons. The minimum Gasteiger partial charge on any atom is -0.343 e. The van der Waals surface area contributed by atoms with E-state index in [4.69, 9.17) is 5.84 Å². The molecule has 1 saturated heterocycles. The fourth-order valence-electron chi connectivity index (χ4n) is 1.78. The third-order valence-electron chi connectivity index (χ3n) is 2.66. The van der Waals surface area contributed by atoms with Crippen LogP contribution in [0.4, 0.5) is 0 Å². The van der Waals surface area contributed by atoms with Crippen molar-refractivity contribution in [1.82, 2.24) is 10.3 Å². The van der Waals surface area contributed by atoms with E-state index < -0.39 is 0 Å². The molecule has 1 rings (SSSR count). The summed E-state index contributed by atoms with van der Waals surface area (Å²) in [6, 6.07) is 0. The van der Waals surface area contributed by atoms with Crippen molar-refractivity contribution in [2.45, 2.75) is 38.5 Å². The predicted molar refractivity (Wildman–Crippen MR) is 56.6 cm³/mol. The summed E-state index contributed by atoms with van der Waals surface area (Å²) in [6.45, 7) is 1.51. The van der Waals surface area contributed by atoms with E-state index in [0.29, 0.717) is 25.8 Å². The maximum absolute atomic E-state index is 11.6. The van der Waals surface area contributed by atoms with Crippen molar-refractivity contribution in [2.24, 2.45) is 5.84 Å². The number of carbonyl (C=O) groups excluding carboxylic acids is 2. The Bertz CT molecular complexity index is 231. The van der Waals surface area contributed by atoms with Crippen molar-refractivity contribution in [1.29, 1.82) is 0 Å². The van der Waals surface area contributed by atoms with Gasteiger partial charge in [-0.05, 0) is 19.3 Å². The molecule has 0 aromatic carbocycles. The van der Waals surface area contributed by atoms with Crippen molar-refractivity contribution in [2.75, 3.05) is 13.1 Å². The molecule has 0 saturated carbocycles. The van der Waals surface area contributed by atoms with E-state index in [1.54, 1.807) is 0 Å². The van der Waals surface area contributed by atoms with Gasteiger partial charge in [-0.1, -0.05) is 6.42 Å². The quantitative estimate of drug-likeness (QED) is 0.397. The molecule has 0 bridgehead atoms. The maximum Gasteiger partial charge on any atom is 0.233 e. The largest absolute Gasteiger partial charge is 0.343 e. The molecule has 0 atom stereocenters. The lowest BCUT2D eigenvalue weighted by Gasteiger charge is -2.19. The Kier molecular flexibility index (Phi) is 5.10. The Morgan fingerprint density at radius 2 is 2.20 bits per heavy atom. The Labute approximate surface area is 90.0 Å². The summed E-state index contributed by atoms with van der Waals surface area (Å²) in [4.78, 5) is 24.3. The van der Waals surface area contributed by atoms with Crippen LogP contribution in [-0.2, 0) is 9.59 Å². The highest BCUT2D eigenvalue weighted by Crippen LogP contribution is 2.11. The summed E-state index contributed by atoms with van der Waals surface area (Å²) in [5.41, 5.74) is 2.08. The number of hydrazine groups is 1. The molecule has 5 nitrogen and oxygen atoms in total. The van der Waals surface area contributed by atoms with Gasteiger partial charge in [0.15, 0.2) is 0 Å². The first-order valence-corrected chi connectivity index (χ1v) is 5.51. The molecular formula is C10H19N3O2. The zero-order valence-electron chi connectivity index (χ0n) is 9.00. The van der Waals surface area contributed by atoms with Crippen LogP contribution in [0.25, 0.3) is 0 Å². The highest BCUT2D eigenvalue weighted by molar-refractivity contribution is 5.77. The second kappa shape index (κ2) is 6.40. The van der Waals surface area contributed by atoms with Crippen LogP contribution in [-0.4, -0.2) is 29.8 Å². The monoisotopic (exact) mass is 213 g/mol. The number of hydrogen-bond donors (Lipinski definition) is 2. The molecule has 1 aliphatic heterocycles. The minimum absolute atomic E-state index is 0.169. The summed E-state index contributed by atoms with van der Waals surface area (Å²) in [7, 11) is 0. The van der Waals surface area contributed by atoms with Crippen LogP contribution in [0.3, 0.4) is 0 Å². The molecule has 1 heterocycles. The third kappa shape index (κ3) is 4.29. The van der Waals surface area contributed by atoms with Gasteiger partial charge in [-0.25, -0.2) is 5.84 Å². The number of amides is 2. The van der Waals surface area contributed by atoms with Crippen LogP contribution < -0.4 is 11.3 Å². The molecule has 15 heavy (non-hydrogen) atoms. The van der Waals surface area contributed by atoms with E-state index in [1.165, 1.54) is 0 Å². The number of nitrogens with one attached hydrogen (secondary N) is 1. The van der Waals surface area contributed by atoms with Gasteiger partial charge in [0, 0.05) is 25.9 Å². The summed E-state index contributed by atoms with van der Waals surface area (Å²) in [5, 5.41) is 0. The molecular weight excluding hydrogens is 194 g/mol. The highest BCUT2D eigenvalue weighted by atomic mass is 16.2. The SMILES string of the molecule is NNC(=O)CCCN1CCCCCC1=O. The smallest absolute Gasteiger partial charge is 0.233 e. The van der Waals surface area contributed by atoms with Gasteiger partial charge in [0.05, 0.1) is 0 Å². The fraction of sp³-hybridized carbons (Fsp3) is 0.800. The zero-order chi connectivity index (χ0) is 11.1. The van der Waals surface area contributed by atoms with Crippen LogP contribution in [0, 0.1) is 0 Å². The second-order valence-electron chi connectivity index (χ2n) is 3.86. The Morgan fingerprint density at radius 1 is 1.40 bits per heavy atom. The molecule has 0 spiro atoms. The number of carbonyl (C=O) groups is 2. The third-order valence-corrected chi connectivity index (χ3v) is 2.66. The topological polar surface area (TPSA) is 75.4 Å². The van der Waals surface area contributed by atoms with Crippen molar-refractivity contribution in [3.8, 4) is 0 Å². The lowest BCUT2D eigenvalue weighted by Crippen LogP contribution is -2.33. The minimum atomic E-state index is -0.169. The molecule has 86 valence electrons. The number of nitrogens with two attached hydrogens (primary N) is 1. The Balaban J connectivity index is 2.23. The van der Waals surface area contributed by atoms with E-state index >= 15 is 0 Å². The first-order valence-electron chi connectivity index (χ1n) is 5.51. The summed E-state index contributed by atoms with van der Waals surface area (Å²) in [5.74, 6) is 5.02. The molecule has 0 aromatic heterocycles. The van der Waals surface area contributed by atoms with Crippen LogP contribution in [0.15, 0.2) is 0 Å². The molecule has 1 aliphatic rings.